The Labute approximate surface area is 157 Å². The molecule has 0 fully saturated rings. The fourth-order valence-corrected chi connectivity index (χ4v) is 2.43. The molecule has 0 aliphatic carbocycles. The van der Waals surface area contributed by atoms with Crippen molar-refractivity contribution in [1.82, 2.24) is 10.6 Å². The molecule has 2 aromatic carbocycles. The predicted molar refractivity (Wildman–Crippen MR) is 99.5 cm³/mol. The van der Waals surface area contributed by atoms with Crippen LogP contribution in [0.4, 0.5) is 4.79 Å². The number of urea groups is 1. The molecule has 7 nitrogen and oxygen atoms in total. The Morgan fingerprint density at radius 3 is 2.41 bits per heavy atom. The smallest absolute Gasteiger partial charge is 0.343 e. The number of hydrogen-bond donors (Lipinski definition) is 2. The van der Waals surface area contributed by atoms with Gasteiger partial charge in [0.2, 0.25) is 6.10 Å². The average Bonchev–Trinajstić information content (AvgIpc) is 2.66. The van der Waals surface area contributed by atoms with E-state index in [0.717, 1.165) is 5.56 Å². The highest BCUT2D eigenvalue weighted by Gasteiger charge is 2.28. The molecule has 0 unspecified atom stereocenters. The maximum Gasteiger partial charge on any atom is 0.343 e. The molecule has 0 radical (unpaired) electrons. The van der Waals surface area contributed by atoms with Crippen LogP contribution in [-0.4, -0.2) is 31.6 Å². The average molecular weight is 370 g/mol. The zero-order valence-electron chi connectivity index (χ0n) is 15.4. The lowest BCUT2D eigenvalue weighted by Crippen LogP contribution is -2.42. The second-order valence-electron chi connectivity index (χ2n) is 5.75. The van der Waals surface area contributed by atoms with E-state index in [-0.39, 0.29) is 5.56 Å². The van der Waals surface area contributed by atoms with Gasteiger partial charge in [-0.1, -0.05) is 42.0 Å². The predicted octanol–water partition coefficient (Wildman–Crippen LogP) is 2.75. The van der Waals surface area contributed by atoms with Crippen LogP contribution in [0, 0.1) is 6.92 Å². The maximum absolute atomic E-state index is 12.7. The Morgan fingerprint density at radius 2 is 1.78 bits per heavy atom. The molecule has 0 saturated heterocycles. The van der Waals surface area contributed by atoms with Gasteiger partial charge in [0.05, 0.1) is 7.11 Å². The molecule has 142 valence electrons. The SMILES string of the molecule is CCNC(=O)NC(=O)[C@@H](OC(=O)c1cc(C)ccc1OC)c1ccccc1. The molecular formula is C20H22N2O5. The number of benzene rings is 2. The maximum atomic E-state index is 12.7. The van der Waals surface area contributed by atoms with E-state index >= 15 is 0 Å². The van der Waals surface area contributed by atoms with E-state index in [1.165, 1.54) is 7.11 Å². The van der Waals surface area contributed by atoms with Crippen LogP contribution >= 0.6 is 0 Å². The number of carbonyl (C=O) groups is 3. The zero-order chi connectivity index (χ0) is 19.8. The molecule has 2 rings (SSSR count). The van der Waals surface area contributed by atoms with Crippen molar-refractivity contribution in [3.05, 3.63) is 65.2 Å². The Balaban J connectivity index is 2.29. The molecule has 1 atom stereocenters. The normalized spacial score (nSPS) is 11.2. The van der Waals surface area contributed by atoms with Crippen LogP contribution in [-0.2, 0) is 9.53 Å². The lowest BCUT2D eigenvalue weighted by atomic mass is 10.1. The number of amides is 3. The summed E-state index contributed by atoms with van der Waals surface area (Å²) in [7, 11) is 1.44. The quantitative estimate of drug-likeness (QED) is 0.763. The molecule has 2 N–H and O–H groups in total. The first-order chi connectivity index (χ1) is 13.0. The molecule has 0 aliphatic rings. The van der Waals surface area contributed by atoms with E-state index in [0.29, 0.717) is 17.9 Å². The van der Waals surface area contributed by atoms with Crippen molar-refractivity contribution < 1.29 is 23.9 Å². The van der Waals surface area contributed by atoms with Crippen molar-refractivity contribution >= 4 is 17.9 Å². The number of methoxy groups -OCH3 is 1. The molecule has 0 saturated carbocycles. The van der Waals surface area contributed by atoms with E-state index in [9.17, 15) is 14.4 Å². The van der Waals surface area contributed by atoms with Crippen molar-refractivity contribution in [3.63, 3.8) is 0 Å². The highest BCUT2D eigenvalue weighted by molar-refractivity contribution is 5.99. The molecule has 0 heterocycles. The van der Waals surface area contributed by atoms with E-state index in [1.54, 1.807) is 55.5 Å². The summed E-state index contributed by atoms with van der Waals surface area (Å²) in [5.74, 6) is -1.14. The molecule has 0 aliphatic heterocycles. The van der Waals surface area contributed by atoms with Gasteiger partial charge in [0.25, 0.3) is 5.91 Å². The van der Waals surface area contributed by atoms with Gasteiger partial charge in [-0.25, -0.2) is 9.59 Å². The summed E-state index contributed by atoms with van der Waals surface area (Å²) in [6, 6.07) is 12.9. The van der Waals surface area contributed by atoms with Crippen LogP contribution < -0.4 is 15.4 Å². The van der Waals surface area contributed by atoms with E-state index < -0.39 is 24.0 Å². The second-order valence-corrected chi connectivity index (χ2v) is 5.75. The fraction of sp³-hybridized carbons (Fsp3) is 0.250. The summed E-state index contributed by atoms with van der Waals surface area (Å²) in [5, 5.41) is 4.64. The molecule has 0 spiro atoms. The highest BCUT2D eigenvalue weighted by atomic mass is 16.6. The van der Waals surface area contributed by atoms with Gasteiger partial charge in [0.1, 0.15) is 11.3 Å². The van der Waals surface area contributed by atoms with Gasteiger partial charge in [0.15, 0.2) is 0 Å². The number of aryl methyl sites for hydroxylation is 1. The monoisotopic (exact) mass is 370 g/mol. The largest absolute Gasteiger partial charge is 0.496 e. The number of rotatable bonds is 6. The van der Waals surface area contributed by atoms with Crippen LogP contribution in [0.5, 0.6) is 5.75 Å². The minimum absolute atomic E-state index is 0.198. The van der Waals surface area contributed by atoms with Gasteiger partial charge in [-0.3, -0.25) is 10.1 Å². The van der Waals surface area contributed by atoms with Crippen molar-refractivity contribution in [2.24, 2.45) is 0 Å². The first kappa shape index (κ1) is 20.0. The van der Waals surface area contributed by atoms with Gasteiger partial charge in [0, 0.05) is 12.1 Å². The van der Waals surface area contributed by atoms with Crippen LogP contribution in [0.3, 0.4) is 0 Å². The van der Waals surface area contributed by atoms with Crippen molar-refractivity contribution in [3.8, 4) is 5.75 Å². The topological polar surface area (TPSA) is 93.7 Å². The third-order valence-electron chi connectivity index (χ3n) is 3.71. The fourth-order valence-electron chi connectivity index (χ4n) is 2.43. The summed E-state index contributed by atoms with van der Waals surface area (Å²) >= 11 is 0. The third kappa shape index (κ3) is 5.31. The van der Waals surface area contributed by atoms with Crippen LogP contribution in [0.2, 0.25) is 0 Å². The summed E-state index contributed by atoms with van der Waals surface area (Å²) in [6.07, 6.45) is -1.29. The van der Waals surface area contributed by atoms with Crippen molar-refractivity contribution in [2.45, 2.75) is 20.0 Å². The zero-order valence-corrected chi connectivity index (χ0v) is 15.4. The number of carbonyl (C=O) groups excluding carboxylic acids is 3. The summed E-state index contributed by atoms with van der Waals surface area (Å²) < 4.78 is 10.7. The van der Waals surface area contributed by atoms with Crippen LogP contribution in [0.1, 0.15) is 34.5 Å². The van der Waals surface area contributed by atoms with Gasteiger partial charge < -0.3 is 14.8 Å². The summed E-state index contributed by atoms with van der Waals surface area (Å²) in [5.41, 5.74) is 1.48. The second kappa shape index (κ2) is 9.38. The molecule has 7 heteroatoms. The van der Waals surface area contributed by atoms with Gasteiger partial charge in [-0.2, -0.15) is 0 Å². The first-order valence-electron chi connectivity index (χ1n) is 8.45. The molecule has 3 amide bonds. The standard InChI is InChI=1S/C20H22N2O5/c1-4-21-20(25)22-18(23)17(14-8-6-5-7-9-14)27-19(24)15-12-13(2)10-11-16(15)26-3/h5-12,17H,4H2,1-3H3,(H2,21,22,23,25)/t17-/m0/s1. The van der Waals surface area contributed by atoms with Crippen molar-refractivity contribution in [1.29, 1.82) is 0 Å². The first-order valence-corrected chi connectivity index (χ1v) is 8.45. The number of nitrogens with one attached hydrogen (secondary N) is 2. The van der Waals surface area contributed by atoms with Gasteiger partial charge >= 0.3 is 12.0 Å². The lowest BCUT2D eigenvalue weighted by Gasteiger charge is -2.18. The number of hydrogen-bond acceptors (Lipinski definition) is 5. The number of esters is 1. The van der Waals surface area contributed by atoms with Crippen LogP contribution in [0.15, 0.2) is 48.5 Å². The minimum atomic E-state index is -1.29. The number of ether oxygens (including phenoxy) is 2. The summed E-state index contributed by atoms with van der Waals surface area (Å²) in [6.45, 7) is 3.91. The van der Waals surface area contributed by atoms with Gasteiger partial charge in [-0.15, -0.1) is 0 Å². The molecule has 2 aromatic rings. The highest BCUT2D eigenvalue weighted by Crippen LogP contribution is 2.25. The lowest BCUT2D eigenvalue weighted by molar-refractivity contribution is -0.129. The van der Waals surface area contributed by atoms with E-state index in [2.05, 4.69) is 10.6 Å². The van der Waals surface area contributed by atoms with Crippen LogP contribution in [0.25, 0.3) is 0 Å². The molecular weight excluding hydrogens is 348 g/mol. The molecule has 0 bridgehead atoms. The Kier molecular flexibility index (Phi) is 6.93. The summed E-state index contributed by atoms with van der Waals surface area (Å²) in [4.78, 5) is 36.9. The third-order valence-corrected chi connectivity index (χ3v) is 3.71. The van der Waals surface area contributed by atoms with Crippen molar-refractivity contribution in [2.75, 3.05) is 13.7 Å². The molecule has 0 aromatic heterocycles. The minimum Gasteiger partial charge on any atom is -0.496 e. The Morgan fingerprint density at radius 1 is 1.07 bits per heavy atom. The van der Waals surface area contributed by atoms with E-state index in [1.807, 2.05) is 6.92 Å². The Hall–Kier alpha value is -3.35. The van der Waals surface area contributed by atoms with Gasteiger partial charge in [-0.05, 0) is 26.0 Å². The Bertz CT molecular complexity index is 820. The van der Waals surface area contributed by atoms with E-state index in [4.69, 9.17) is 9.47 Å². The number of imide groups is 1. The molecule has 27 heavy (non-hydrogen) atoms.